The van der Waals surface area contributed by atoms with Gasteiger partial charge in [-0.1, -0.05) is 54.6 Å². The fraction of sp³-hybridized carbons (Fsp3) is 0.192. The van der Waals surface area contributed by atoms with Crippen molar-refractivity contribution in [3.05, 3.63) is 84.7 Å². The summed E-state index contributed by atoms with van der Waals surface area (Å²) in [6, 6.07) is 25.1. The smallest absolute Gasteiger partial charge is 0.309 e. The number of pyridine rings is 2. The third-order valence-corrected chi connectivity index (χ3v) is 5.47. The highest BCUT2D eigenvalue weighted by Gasteiger charge is 2.27. The van der Waals surface area contributed by atoms with Gasteiger partial charge in [0, 0.05) is 28.4 Å². The molecule has 0 spiro atoms. The van der Waals surface area contributed by atoms with Crippen molar-refractivity contribution in [1.29, 1.82) is 0 Å². The van der Waals surface area contributed by atoms with Crippen LogP contribution in [0.3, 0.4) is 0 Å². The maximum Gasteiger partial charge on any atom is 0.309 e. The highest BCUT2D eigenvalue weighted by molar-refractivity contribution is 5.92. The van der Waals surface area contributed by atoms with Gasteiger partial charge in [0.15, 0.2) is 0 Å². The van der Waals surface area contributed by atoms with Crippen molar-refractivity contribution in [2.24, 2.45) is 5.41 Å². The first-order valence-electron chi connectivity index (χ1n) is 10.00. The zero-order chi connectivity index (χ0) is 21.1. The number of nitrogens with zero attached hydrogens (tertiary/aromatic N) is 2. The monoisotopic (exact) mass is 395 g/mol. The van der Waals surface area contributed by atoms with E-state index in [-0.39, 0.29) is 0 Å². The Bertz CT molecular complexity index is 1190. The quantitative estimate of drug-likeness (QED) is 0.448. The van der Waals surface area contributed by atoms with Crippen LogP contribution in [0.15, 0.2) is 72.9 Å². The van der Waals surface area contributed by atoms with Crippen molar-refractivity contribution in [2.45, 2.75) is 26.7 Å². The molecule has 0 saturated carbocycles. The van der Waals surface area contributed by atoms with Crippen LogP contribution in [0.25, 0.3) is 33.3 Å². The van der Waals surface area contributed by atoms with Crippen LogP contribution in [0.5, 0.6) is 0 Å². The van der Waals surface area contributed by atoms with Crippen molar-refractivity contribution in [3.63, 3.8) is 0 Å². The number of rotatable bonds is 6. The van der Waals surface area contributed by atoms with E-state index in [9.17, 15) is 9.90 Å². The zero-order valence-electron chi connectivity index (χ0n) is 17.1. The molecule has 2 heterocycles. The van der Waals surface area contributed by atoms with Gasteiger partial charge in [0.05, 0.1) is 16.6 Å². The molecule has 4 nitrogen and oxygen atoms in total. The van der Waals surface area contributed by atoms with Crippen molar-refractivity contribution in [2.75, 3.05) is 0 Å². The number of carboxylic acids is 1. The standard InChI is InChI=1S/C26H23N2O2/c1-26(2,25(29)30)15-13-22-21-17-20(18-9-5-3-6-10-18)24(19-11-7-4-8-12-19)28-23(21)14-16-27-22/h3,5-12,14,16-17H,13,15H2,1-2H3,(H,29,30). The second-order valence-corrected chi connectivity index (χ2v) is 8.05. The predicted octanol–water partition coefficient (Wildman–Crippen LogP) is 5.81. The summed E-state index contributed by atoms with van der Waals surface area (Å²) in [5.74, 6) is -0.797. The summed E-state index contributed by atoms with van der Waals surface area (Å²) in [7, 11) is 0. The molecule has 1 radical (unpaired) electrons. The topological polar surface area (TPSA) is 63.1 Å². The third-order valence-electron chi connectivity index (χ3n) is 5.47. The van der Waals surface area contributed by atoms with Crippen LogP contribution in [-0.4, -0.2) is 21.0 Å². The summed E-state index contributed by atoms with van der Waals surface area (Å²) in [6.45, 7) is 3.50. The van der Waals surface area contributed by atoms with Crippen LogP contribution in [0.1, 0.15) is 26.0 Å². The van der Waals surface area contributed by atoms with E-state index in [1.807, 2.05) is 48.5 Å². The van der Waals surface area contributed by atoms with E-state index in [0.29, 0.717) is 12.8 Å². The Balaban J connectivity index is 1.87. The molecule has 0 saturated heterocycles. The fourth-order valence-electron chi connectivity index (χ4n) is 3.49. The van der Waals surface area contributed by atoms with Crippen LogP contribution in [0.2, 0.25) is 0 Å². The van der Waals surface area contributed by atoms with Crippen molar-refractivity contribution < 1.29 is 9.90 Å². The summed E-state index contributed by atoms with van der Waals surface area (Å²) in [6.07, 6.45) is 2.83. The van der Waals surface area contributed by atoms with Crippen molar-refractivity contribution >= 4 is 16.9 Å². The number of aliphatic carboxylic acids is 1. The number of benzene rings is 2. The Morgan fingerprint density at radius 1 is 1.03 bits per heavy atom. The molecule has 4 heteroatoms. The van der Waals surface area contributed by atoms with Gasteiger partial charge in [-0.15, -0.1) is 0 Å². The molecule has 0 unspecified atom stereocenters. The molecule has 149 valence electrons. The molecule has 0 fully saturated rings. The number of hydrogen-bond acceptors (Lipinski definition) is 3. The Labute approximate surface area is 176 Å². The maximum absolute atomic E-state index is 11.5. The molecule has 0 amide bonds. The first kappa shape index (κ1) is 19.8. The molecule has 0 atom stereocenters. The van der Waals surface area contributed by atoms with Gasteiger partial charge in [0.25, 0.3) is 0 Å². The Morgan fingerprint density at radius 2 is 1.77 bits per heavy atom. The van der Waals surface area contributed by atoms with Gasteiger partial charge >= 0.3 is 5.97 Å². The average Bonchev–Trinajstić information content (AvgIpc) is 2.78. The SMILES string of the molecule is CC(C)(CCc1nccc2nc(-c3cc[c]cc3)c(-c3ccccc3)cc12)C(=O)O. The second-order valence-electron chi connectivity index (χ2n) is 8.05. The number of carbonyl (C=O) groups is 1. The predicted molar refractivity (Wildman–Crippen MR) is 119 cm³/mol. The average molecular weight is 395 g/mol. The van der Waals surface area contributed by atoms with Crippen LogP contribution in [0, 0.1) is 11.5 Å². The number of aromatic nitrogens is 2. The summed E-state index contributed by atoms with van der Waals surface area (Å²) in [4.78, 5) is 21.1. The minimum atomic E-state index is -0.806. The van der Waals surface area contributed by atoms with E-state index in [4.69, 9.17) is 4.98 Å². The lowest BCUT2D eigenvalue weighted by atomic mass is 9.86. The molecule has 4 rings (SSSR count). The molecule has 2 aromatic heterocycles. The minimum Gasteiger partial charge on any atom is -0.481 e. The zero-order valence-corrected chi connectivity index (χ0v) is 17.1. The first-order valence-corrected chi connectivity index (χ1v) is 10.00. The summed E-state index contributed by atoms with van der Waals surface area (Å²) in [5, 5.41) is 10.4. The van der Waals surface area contributed by atoms with Gasteiger partial charge in [0.2, 0.25) is 0 Å². The van der Waals surface area contributed by atoms with Gasteiger partial charge < -0.3 is 5.11 Å². The molecule has 0 aliphatic heterocycles. The summed E-state index contributed by atoms with van der Waals surface area (Å²) >= 11 is 0. The first-order chi connectivity index (χ1) is 14.5. The van der Waals surface area contributed by atoms with Crippen LogP contribution < -0.4 is 0 Å². The Hall–Kier alpha value is -3.53. The van der Waals surface area contributed by atoms with Crippen LogP contribution >= 0.6 is 0 Å². The molecule has 30 heavy (non-hydrogen) atoms. The number of fused-ring (bicyclic) bond motifs is 1. The lowest BCUT2D eigenvalue weighted by Crippen LogP contribution is -2.24. The van der Waals surface area contributed by atoms with Crippen LogP contribution in [-0.2, 0) is 11.2 Å². The highest BCUT2D eigenvalue weighted by Crippen LogP contribution is 2.34. The summed E-state index contributed by atoms with van der Waals surface area (Å²) < 4.78 is 0. The van der Waals surface area contributed by atoms with E-state index >= 15 is 0 Å². The number of carboxylic acid groups (broad SMARTS) is 1. The van der Waals surface area contributed by atoms with Gasteiger partial charge in [-0.2, -0.15) is 0 Å². The molecule has 0 bridgehead atoms. The number of aryl methyl sites for hydroxylation is 1. The van der Waals surface area contributed by atoms with E-state index in [1.54, 1.807) is 20.0 Å². The fourth-order valence-corrected chi connectivity index (χ4v) is 3.49. The molecule has 2 aromatic carbocycles. The molecule has 0 aliphatic carbocycles. The molecule has 0 aliphatic rings. The van der Waals surface area contributed by atoms with E-state index < -0.39 is 11.4 Å². The van der Waals surface area contributed by atoms with Crippen LogP contribution in [0.4, 0.5) is 0 Å². The summed E-state index contributed by atoms with van der Waals surface area (Å²) in [5.41, 5.74) is 4.97. The van der Waals surface area contributed by atoms with Gasteiger partial charge in [-0.3, -0.25) is 9.78 Å². The van der Waals surface area contributed by atoms with E-state index in [1.165, 1.54) is 0 Å². The Kier molecular flexibility index (Phi) is 5.32. The van der Waals surface area contributed by atoms with E-state index in [0.717, 1.165) is 39.0 Å². The normalized spacial score (nSPS) is 11.5. The highest BCUT2D eigenvalue weighted by atomic mass is 16.4. The van der Waals surface area contributed by atoms with Crippen molar-refractivity contribution in [1.82, 2.24) is 9.97 Å². The minimum absolute atomic E-state index is 0.505. The van der Waals surface area contributed by atoms with Gasteiger partial charge in [-0.25, -0.2) is 4.98 Å². The maximum atomic E-state index is 11.5. The molecular weight excluding hydrogens is 372 g/mol. The molecule has 4 aromatic rings. The van der Waals surface area contributed by atoms with Gasteiger partial charge in [0.1, 0.15) is 0 Å². The third kappa shape index (κ3) is 3.94. The number of hydrogen-bond donors (Lipinski definition) is 1. The second kappa shape index (κ2) is 8.07. The largest absolute Gasteiger partial charge is 0.481 e. The lowest BCUT2D eigenvalue weighted by Gasteiger charge is -2.19. The van der Waals surface area contributed by atoms with Crippen molar-refractivity contribution in [3.8, 4) is 22.4 Å². The lowest BCUT2D eigenvalue weighted by molar-refractivity contribution is -0.147. The molecule has 1 N–H and O–H groups in total. The molecular formula is C26H23N2O2. The Morgan fingerprint density at radius 3 is 2.47 bits per heavy atom. The van der Waals surface area contributed by atoms with Gasteiger partial charge in [-0.05, 0) is 50.5 Å². The van der Waals surface area contributed by atoms with E-state index in [2.05, 4.69) is 29.2 Å².